The number of nitrogens with one attached hydrogen (secondary N) is 1. The average molecular weight is 291 g/mol. The molecule has 0 aliphatic carbocycles. The first kappa shape index (κ1) is 8.25. The number of aromatic amines is 1. The lowest BCUT2D eigenvalue weighted by Gasteiger charge is -1.95. The molecule has 4 heteroatoms. The summed E-state index contributed by atoms with van der Waals surface area (Å²) in [6, 6.07) is 4.08. The first-order chi connectivity index (χ1) is 5.66. The van der Waals surface area contributed by atoms with Crippen LogP contribution in [0.25, 0.3) is 10.2 Å². The minimum atomic E-state index is 0.0232. The van der Waals surface area contributed by atoms with Crippen LogP contribution in [0.2, 0.25) is 0 Å². The van der Waals surface area contributed by atoms with Gasteiger partial charge < -0.3 is 4.98 Å². The molecule has 2 nitrogen and oxygen atoms in total. The third kappa shape index (κ3) is 1.29. The molecule has 0 aliphatic heterocycles. The van der Waals surface area contributed by atoms with Crippen LogP contribution in [0.5, 0.6) is 0 Å². The molecule has 62 valence electrons. The van der Waals surface area contributed by atoms with Crippen molar-refractivity contribution in [2.75, 3.05) is 0 Å². The first-order valence-electron chi connectivity index (χ1n) is 3.46. The number of fused-ring (bicyclic) bond motifs is 1. The molecule has 0 bridgehead atoms. The average Bonchev–Trinajstić information content (AvgIpc) is 2.29. The summed E-state index contributed by atoms with van der Waals surface area (Å²) in [5.41, 5.74) is 2.11. The van der Waals surface area contributed by atoms with Gasteiger partial charge in [-0.25, -0.2) is 0 Å². The van der Waals surface area contributed by atoms with Crippen molar-refractivity contribution in [2.45, 2.75) is 6.92 Å². The minimum absolute atomic E-state index is 0.0232. The van der Waals surface area contributed by atoms with Crippen molar-refractivity contribution in [1.29, 1.82) is 0 Å². The van der Waals surface area contributed by atoms with E-state index in [1.54, 1.807) is 0 Å². The van der Waals surface area contributed by atoms with E-state index in [-0.39, 0.29) is 4.87 Å². The van der Waals surface area contributed by atoms with Gasteiger partial charge in [0.1, 0.15) is 0 Å². The summed E-state index contributed by atoms with van der Waals surface area (Å²) >= 11 is 3.52. The monoisotopic (exact) mass is 291 g/mol. The number of hydrogen-bond donors (Lipinski definition) is 1. The Morgan fingerprint density at radius 2 is 2.25 bits per heavy atom. The molecule has 0 aliphatic rings. The van der Waals surface area contributed by atoms with Crippen LogP contribution < -0.4 is 4.87 Å². The van der Waals surface area contributed by atoms with Crippen LogP contribution in [0.1, 0.15) is 5.56 Å². The van der Waals surface area contributed by atoms with E-state index in [1.165, 1.54) is 14.9 Å². The topological polar surface area (TPSA) is 32.9 Å². The third-order valence-electron chi connectivity index (χ3n) is 1.69. The molecule has 0 saturated carbocycles. The van der Waals surface area contributed by atoms with Crippen LogP contribution in [0.3, 0.4) is 0 Å². The van der Waals surface area contributed by atoms with Gasteiger partial charge in [0, 0.05) is 3.57 Å². The van der Waals surface area contributed by atoms with E-state index in [1.807, 2.05) is 13.0 Å². The lowest BCUT2D eigenvalue weighted by atomic mass is 10.2. The summed E-state index contributed by atoms with van der Waals surface area (Å²) in [6.45, 7) is 2.01. The third-order valence-corrected chi connectivity index (χ3v) is 3.15. The number of thiazole rings is 1. The molecule has 1 aromatic carbocycles. The number of rotatable bonds is 0. The Bertz CT molecular complexity index is 485. The Morgan fingerprint density at radius 3 is 3.00 bits per heavy atom. The molecule has 0 atom stereocenters. The van der Waals surface area contributed by atoms with Gasteiger partial charge in [0.15, 0.2) is 0 Å². The molecule has 1 heterocycles. The number of H-pyrrole nitrogens is 1. The lowest BCUT2D eigenvalue weighted by Crippen LogP contribution is -1.90. The van der Waals surface area contributed by atoms with Crippen molar-refractivity contribution < 1.29 is 0 Å². The predicted molar refractivity (Wildman–Crippen MR) is 59.9 cm³/mol. The van der Waals surface area contributed by atoms with Crippen molar-refractivity contribution in [3.05, 3.63) is 30.9 Å². The largest absolute Gasteiger partial charge is 0.312 e. The lowest BCUT2D eigenvalue weighted by molar-refractivity contribution is 1.36. The Balaban J connectivity index is 2.97. The van der Waals surface area contributed by atoms with Gasteiger partial charge >= 0.3 is 4.87 Å². The van der Waals surface area contributed by atoms with E-state index in [0.717, 1.165) is 15.8 Å². The molecule has 0 saturated heterocycles. The van der Waals surface area contributed by atoms with Crippen LogP contribution in [0.4, 0.5) is 0 Å². The summed E-state index contributed by atoms with van der Waals surface area (Å²) in [5, 5.41) is 0. The predicted octanol–water partition coefficient (Wildman–Crippen LogP) is 2.50. The van der Waals surface area contributed by atoms with Gasteiger partial charge in [-0.1, -0.05) is 11.3 Å². The van der Waals surface area contributed by atoms with Crippen molar-refractivity contribution in [3.63, 3.8) is 0 Å². The van der Waals surface area contributed by atoms with E-state index < -0.39 is 0 Å². The standard InChI is InChI=1S/C8H6INOS/c1-4-2-5(9)3-6-7(4)10-8(11)12-6/h2-3H,1H3,(H,10,11). The molecule has 1 N–H and O–H groups in total. The summed E-state index contributed by atoms with van der Waals surface area (Å²) in [7, 11) is 0. The fourth-order valence-electron chi connectivity index (χ4n) is 1.18. The second kappa shape index (κ2) is 2.85. The number of aromatic nitrogens is 1. The molecule has 12 heavy (non-hydrogen) atoms. The van der Waals surface area contributed by atoms with Gasteiger partial charge in [-0.2, -0.15) is 0 Å². The highest BCUT2D eigenvalue weighted by Crippen LogP contribution is 2.21. The molecule has 0 radical (unpaired) electrons. The summed E-state index contributed by atoms with van der Waals surface area (Å²) in [4.78, 5) is 13.8. The van der Waals surface area contributed by atoms with E-state index in [4.69, 9.17) is 0 Å². The van der Waals surface area contributed by atoms with Crippen molar-refractivity contribution >= 4 is 44.1 Å². The van der Waals surface area contributed by atoms with Gasteiger partial charge in [-0.05, 0) is 47.2 Å². The zero-order valence-corrected chi connectivity index (χ0v) is 9.32. The fraction of sp³-hybridized carbons (Fsp3) is 0.125. The van der Waals surface area contributed by atoms with Gasteiger partial charge in [0.05, 0.1) is 10.2 Å². The Morgan fingerprint density at radius 1 is 1.50 bits per heavy atom. The van der Waals surface area contributed by atoms with Crippen LogP contribution in [0, 0.1) is 10.5 Å². The first-order valence-corrected chi connectivity index (χ1v) is 5.35. The molecule has 0 unspecified atom stereocenters. The molecule has 0 fully saturated rings. The van der Waals surface area contributed by atoms with Crippen LogP contribution >= 0.6 is 33.9 Å². The normalized spacial score (nSPS) is 10.8. The molecule has 1 aromatic heterocycles. The van der Waals surface area contributed by atoms with Crippen molar-refractivity contribution in [2.24, 2.45) is 0 Å². The van der Waals surface area contributed by atoms with Gasteiger partial charge in [0.25, 0.3) is 0 Å². The molecular weight excluding hydrogens is 285 g/mol. The van der Waals surface area contributed by atoms with E-state index >= 15 is 0 Å². The highest BCUT2D eigenvalue weighted by molar-refractivity contribution is 14.1. The fourth-order valence-corrected chi connectivity index (χ4v) is 3.02. The maximum atomic E-state index is 11.0. The maximum Gasteiger partial charge on any atom is 0.305 e. The quantitative estimate of drug-likeness (QED) is 0.743. The van der Waals surface area contributed by atoms with Crippen molar-refractivity contribution in [1.82, 2.24) is 4.98 Å². The maximum absolute atomic E-state index is 11.0. The van der Waals surface area contributed by atoms with Gasteiger partial charge in [0.2, 0.25) is 0 Å². The molecule has 2 aromatic rings. The Labute approximate surface area is 86.8 Å². The highest BCUT2D eigenvalue weighted by Gasteiger charge is 2.02. The highest BCUT2D eigenvalue weighted by atomic mass is 127. The Hall–Kier alpha value is -0.360. The van der Waals surface area contributed by atoms with Crippen molar-refractivity contribution in [3.8, 4) is 0 Å². The van der Waals surface area contributed by atoms with Crippen LogP contribution in [0.15, 0.2) is 16.9 Å². The SMILES string of the molecule is Cc1cc(I)cc2sc(=O)[nH]c12. The summed E-state index contributed by atoms with van der Waals surface area (Å²) in [6.07, 6.45) is 0. The smallest absolute Gasteiger partial charge is 0.305 e. The van der Waals surface area contributed by atoms with Gasteiger partial charge in [-0.15, -0.1) is 0 Å². The summed E-state index contributed by atoms with van der Waals surface area (Å²) in [5.74, 6) is 0. The van der Waals surface area contributed by atoms with E-state index in [9.17, 15) is 4.79 Å². The molecule has 0 amide bonds. The van der Waals surface area contributed by atoms with E-state index in [2.05, 4.69) is 33.6 Å². The number of hydrogen-bond acceptors (Lipinski definition) is 2. The molecular formula is C8H6INOS. The second-order valence-corrected chi connectivity index (χ2v) is 4.87. The van der Waals surface area contributed by atoms with E-state index in [0.29, 0.717) is 0 Å². The Kier molecular flexibility index (Phi) is 1.96. The number of aryl methyl sites for hydroxylation is 1. The van der Waals surface area contributed by atoms with Gasteiger partial charge in [-0.3, -0.25) is 4.79 Å². The second-order valence-electron chi connectivity index (χ2n) is 2.61. The number of halogens is 1. The zero-order chi connectivity index (χ0) is 8.72. The van der Waals surface area contributed by atoms with Crippen LogP contribution in [-0.4, -0.2) is 4.98 Å². The minimum Gasteiger partial charge on any atom is -0.312 e. The number of benzene rings is 1. The molecule has 2 rings (SSSR count). The molecule has 0 spiro atoms. The van der Waals surface area contributed by atoms with Crippen LogP contribution in [-0.2, 0) is 0 Å². The zero-order valence-electron chi connectivity index (χ0n) is 6.35. The summed E-state index contributed by atoms with van der Waals surface area (Å²) < 4.78 is 2.22.